The first kappa shape index (κ1) is 20.3. The second kappa shape index (κ2) is 7.69. The average molecular weight is 425 g/mol. The number of fused-ring (bicyclic) bond motifs is 1. The summed E-state index contributed by atoms with van der Waals surface area (Å²) in [7, 11) is -1.49. The summed E-state index contributed by atoms with van der Waals surface area (Å²) in [6.45, 7) is 1.82. The summed E-state index contributed by atoms with van der Waals surface area (Å²) < 4.78 is 27.6. The molecular formula is C18H28N6O4S. The van der Waals surface area contributed by atoms with Crippen molar-refractivity contribution in [1.82, 2.24) is 29.6 Å². The Labute approximate surface area is 170 Å². The molecule has 0 aromatic carbocycles. The topological polar surface area (TPSA) is 117 Å². The molecule has 4 rings (SSSR count). The van der Waals surface area contributed by atoms with Crippen molar-refractivity contribution in [3.05, 3.63) is 18.0 Å². The van der Waals surface area contributed by atoms with E-state index in [4.69, 9.17) is 0 Å². The molecule has 0 bridgehead atoms. The van der Waals surface area contributed by atoms with Gasteiger partial charge >= 0.3 is 0 Å². The highest BCUT2D eigenvalue weighted by molar-refractivity contribution is 7.88. The molecule has 2 aliphatic heterocycles. The number of aromatic nitrogens is 2. The third kappa shape index (κ3) is 4.78. The molecule has 160 valence electrons. The summed E-state index contributed by atoms with van der Waals surface area (Å²) >= 11 is 0. The van der Waals surface area contributed by atoms with Crippen molar-refractivity contribution in [2.24, 2.45) is 13.0 Å². The number of hydrogen-bond donors (Lipinski definition) is 2. The van der Waals surface area contributed by atoms with Crippen LogP contribution in [0.5, 0.6) is 0 Å². The van der Waals surface area contributed by atoms with E-state index in [2.05, 4.69) is 20.0 Å². The van der Waals surface area contributed by atoms with E-state index in [0.29, 0.717) is 26.1 Å². The quantitative estimate of drug-likeness (QED) is 0.559. The summed E-state index contributed by atoms with van der Waals surface area (Å²) in [5.41, 5.74) is 0.996. The first-order chi connectivity index (χ1) is 13.7. The predicted molar refractivity (Wildman–Crippen MR) is 105 cm³/mol. The van der Waals surface area contributed by atoms with Gasteiger partial charge in [0.2, 0.25) is 21.8 Å². The number of aryl methyl sites for hydroxylation is 1. The van der Waals surface area contributed by atoms with Gasteiger partial charge in [-0.1, -0.05) is 0 Å². The maximum atomic E-state index is 13.3. The van der Waals surface area contributed by atoms with Gasteiger partial charge in [-0.25, -0.2) is 13.1 Å². The predicted octanol–water partition coefficient (Wildman–Crippen LogP) is -1.35. The second-order valence-electron chi connectivity index (χ2n) is 8.45. The lowest BCUT2D eigenvalue weighted by Gasteiger charge is -2.42. The first-order valence-electron chi connectivity index (χ1n) is 9.96. The highest BCUT2D eigenvalue weighted by Gasteiger charge is 2.46. The first-order valence-corrected chi connectivity index (χ1v) is 11.9. The van der Waals surface area contributed by atoms with E-state index in [-0.39, 0.29) is 36.4 Å². The highest BCUT2D eigenvalue weighted by Crippen LogP contribution is 2.30. The van der Waals surface area contributed by atoms with Gasteiger partial charge in [0.25, 0.3) is 0 Å². The fourth-order valence-electron chi connectivity index (χ4n) is 4.36. The van der Waals surface area contributed by atoms with Crippen LogP contribution in [0.1, 0.15) is 24.8 Å². The highest BCUT2D eigenvalue weighted by atomic mass is 32.2. The molecule has 1 saturated carbocycles. The van der Waals surface area contributed by atoms with E-state index in [1.807, 2.05) is 13.2 Å². The van der Waals surface area contributed by atoms with Crippen molar-refractivity contribution < 1.29 is 18.0 Å². The largest absolute Gasteiger partial charge is 0.354 e. The molecule has 3 aliphatic rings. The van der Waals surface area contributed by atoms with E-state index in [9.17, 15) is 18.0 Å². The van der Waals surface area contributed by atoms with Gasteiger partial charge in [0, 0.05) is 63.0 Å². The zero-order valence-corrected chi connectivity index (χ0v) is 17.6. The molecule has 11 heteroatoms. The lowest BCUT2D eigenvalue weighted by Crippen LogP contribution is -2.62. The van der Waals surface area contributed by atoms with Crippen LogP contribution in [0.15, 0.2) is 12.4 Å². The van der Waals surface area contributed by atoms with Gasteiger partial charge in [0.1, 0.15) is 6.04 Å². The Morgan fingerprint density at radius 3 is 2.69 bits per heavy atom. The Hall–Kier alpha value is -1.98. The van der Waals surface area contributed by atoms with Crippen molar-refractivity contribution in [3.63, 3.8) is 0 Å². The molecule has 0 spiro atoms. The minimum Gasteiger partial charge on any atom is -0.354 e. The van der Waals surface area contributed by atoms with Crippen LogP contribution in [-0.2, 0) is 33.2 Å². The second-order valence-corrected chi connectivity index (χ2v) is 10.2. The molecule has 3 heterocycles. The lowest BCUT2D eigenvalue weighted by molar-refractivity contribution is -0.144. The molecule has 0 radical (unpaired) electrons. The van der Waals surface area contributed by atoms with E-state index in [1.54, 1.807) is 15.8 Å². The zero-order chi connectivity index (χ0) is 20.8. The molecule has 1 aromatic rings. The molecule has 1 aromatic heterocycles. The van der Waals surface area contributed by atoms with Gasteiger partial charge in [-0.05, 0) is 19.3 Å². The minimum atomic E-state index is -3.33. The molecule has 10 nitrogen and oxygen atoms in total. The fourth-order valence-corrected chi connectivity index (χ4v) is 5.14. The van der Waals surface area contributed by atoms with Crippen LogP contribution < -0.4 is 10.0 Å². The number of carbonyl (C=O) groups excluding carboxylic acids is 2. The third-order valence-electron chi connectivity index (χ3n) is 5.81. The standard InChI is InChI=1S/C18H28N6O4S/c1-22-8-12(6-20-22)9-23-11-15-5-14(21-29(2,27)28)10-24(15)18(26)16(23)7-19-17(25)13-3-4-13/h6,8,13-16,21H,3-5,7,9-11H2,1-2H3,(H,19,25)/t14-,15-,16-/m0/s1. The molecule has 1 aliphatic carbocycles. The smallest absolute Gasteiger partial charge is 0.242 e. The molecule has 3 atom stereocenters. The molecule has 29 heavy (non-hydrogen) atoms. The Kier molecular flexibility index (Phi) is 5.38. The molecule has 2 saturated heterocycles. The van der Waals surface area contributed by atoms with Crippen molar-refractivity contribution >= 4 is 21.8 Å². The van der Waals surface area contributed by atoms with Gasteiger partial charge in [-0.3, -0.25) is 19.2 Å². The lowest BCUT2D eigenvalue weighted by atomic mass is 10.0. The summed E-state index contributed by atoms with van der Waals surface area (Å²) in [6.07, 6.45) is 7.24. The number of nitrogens with one attached hydrogen (secondary N) is 2. The van der Waals surface area contributed by atoms with Gasteiger partial charge < -0.3 is 10.2 Å². The van der Waals surface area contributed by atoms with E-state index in [0.717, 1.165) is 24.7 Å². The van der Waals surface area contributed by atoms with Crippen molar-refractivity contribution in [3.8, 4) is 0 Å². The van der Waals surface area contributed by atoms with Crippen LogP contribution in [0, 0.1) is 5.92 Å². The average Bonchev–Trinajstić information content (AvgIpc) is 3.29. The van der Waals surface area contributed by atoms with Crippen LogP contribution in [0.3, 0.4) is 0 Å². The van der Waals surface area contributed by atoms with Crippen molar-refractivity contribution in [2.45, 2.75) is 43.9 Å². The molecule has 2 amide bonds. The summed E-state index contributed by atoms with van der Waals surface area (Å²) in [5, 5.41) is 7.13. The number of carbonyl (C=O) groups is 2. The number of piperazine rings is 1. The summed E-state index contributed by atoms with van der Waals surface area (Å²) in [6, 6.07) is -0.793. The Morgan fingerprint density at radius 2 is 2.07 bits per heavy atom. The Bertz CT molecular complexity index is 896. The number of hydrogen-bond acceptors (Lipinski definition) is 6. The van der Waals surface area contributed by atoms with E-state index in [1.165, 1.54) is 0 Å². The van der Waals surface area contributed by atoms with Crippen LogP contribution in [0.2, 0.25) is 0 Å². The SMILES string of the molecule is Cn1cc(CN2C[C@@H]3C[C@H](NS(C)(=O)=O)CN3C(=O)[C@@H]2CNC(=O)C2CC2)cn1. The summed E-state index contributed by atoms with van der Waals surface area (Å²) in [4.78, 5) is 29.2. The minimum absolute atomic E-state index is 0.0132. The molecule has 2 N–H and O–H groups in total. The number of amides is 2. The number of nitrogens with zero attached hydrogens (tertiary/aromatic N) is 4. The number of rotatable bonds is 7. The van der Waals surface area contributed by atoms with E-state index < -0.39 is 16.1 Å². The van der Waals surface area contributed by atoms with Crippen molar-refractivity contribution in [1.29, 1.82) is 0 Å². The monoisotopic (exact) mass is 424 g/mol. The summed E-state index contributed by atoms with van der Waals surface area (Å²) in [5.74, 6) is 0.0432. The van der Waals surface area contributed by atoms with Gasteiger partial charge in [-0.2, -0.15) is 5.10 Å². The zero-order valence-electron chi connectivity index (χ0n) is 16.7. The maximum absolute atomic E-state index is 13.3. The Balaban J connectivity index is 1.49. The molecule has 3 fully saturated rings. The van der Waals surface area contributed by atoms with Gasteiger partial charge in [0.05, 0.1) is 12.5 Å². The van der Waals surface area contributed by atoms with Crippen LogP contribution in [0.25, 0.3) is 0 Å². The molecule has 0 unspecified atom stereocenters. The van der Waals surface area contributed by atoms with Crippen LogP contribution in [-0.4, -0.2) is 83.8 Å². The normalized spacial score (nSPS) is 27.9. The molecular weight excluding hydrogens is 396 g/mol. The maximum Gasteiger partial charge on any atom is 0.242 e. The fraction of sp³-hybridized carbons (Fsp3) is 0.722. The van der Waals surface area contributed by atoms with Gasteiger partial charge in [0.15, 0.2) is 0 Å². The van der Waals surface area contributed by atoms with Gasteiger partial charge in [-0.15, -0.1) is 0 Å². The van der Waals surface area contributed by atoms with Crippen LogP contribution in [0.4, 0.5) is 0 Å². The van der Waals surface area contributed by atoms with E-state index >= 15 is 0 Å². The number of sulfonamides is 1. The third-order valence-corrected chi connectivity index (χ3v) is 6.57. The Morgan fingerprint density at radius 1 is 1.31 bits per heavy atom. The van der Waals surface area contributed by atoms with Crippen LogP contribution >= 0.6 is 0 Å². The van der Waals surface area contributed by atoms with Crippen molar-refractivity contribution in [2.75, 3.05) is 25.9 Å².